The normalized spacial score (nSPS) is 12.1. The molecule has 1 heterocycles. The van der Waals surface area contributed by atoms with E-state index in [0.29, 0.717) is 18.8 Å². The highest BCUT2D eigenvalue weighted by Gasteiger charge is 2.21. The van der Waals surface area contributed by atoms with Gasteiger partial charge >= 0.3 is 0 Å². The first-order chi connectivity index (χ1) is 10.1. The predicted molar refractivity (Wildman–Crippen MR) is 85.2 cm³/mol. The van der Waals surface area contributed by atoms with E-state index in [1.54, 1.807) is 0 Å². The van der Waals surface area contributed by atoms with E-state index in [9.17, 15) is 4.79 Å². The third-order valence-electron chi connectivity index (χ3n) is 3.80. The first kappa shape index (κ1) is 14.0. The number of fused-ring (bicyclic) bond motifs is 3. The summed E-state index contributed by atoms with van der Waals surface area (Å²) in [5.74, 6) is 1.60. The van der Waals surface area contributed by atoms with Gasteiger partial charge in [-0.05, 0) is 42.3 Å². The summed E-state index contributed by atoms with van der Waals surface area (Å²) in [5, 5.41) is 0. The monoisotopic (exact) mass is 300 g/mol. The van der Waals surface area contributed by atoms with Crippen LogP contribution in [0.1, 0.15) is 34.8 Å². The van der Waals surface area contributed by atoms with Gasteiger partial charge in [0.1, 0.15) is 18.1 Å². The maximum absolute atomic E-state index is 12.0. The molecular formula is C17H16O3S. The Hall–Kier alpha value is -1.94. The molecule has 0 unspecified atom stereocenters. The minimum absolute atomic E-state index is 0.142. The van der Waals surface area contributed by atoms with Crippen LogP contribution >= 0.6 is 12.9 Å². The molecule has 3 rings (SSSR count). The molecule has 2 aromatic carbocycles. The smallest absolute Gasteiger partial charge is 0.163 e. The van der Waals surface area contributed by atoms with Crippen LogP contribution in [0.3, 0.4) is 0 Å². The standard InChI is InChI=1S/C17H16O3S/c1-3-16(18)14-8-17-15(6-10(14)2)13-5-4-12(20-21)7-11(13)9-19-17/h4-8,21H,3,9H2,1-2H3. The average molecular weight is 300 g/mol. The third kappa shape index (κ3) is 2.40. The van der Waals surface area contributed by atoms with Gasteiger partial charge in [-0.25, -0.2) is 0 Å². The molecule has 0 saturated heterocycles. The number of ketones is 1. The molecule has 0 spiro atoms. The van der Waals surface area contributed by atoms with E-state index in [1.807, 2.05) is 44.2 Å². The number of aryl methyl sites for hydroxylation is 1. The maximum atomic E-state index is 12.0. The Bertz CT molecular complexity index is 722. The van der Waals surface area contributed by atoms with E-state index in [0.717, 1.165) is 33.6 Å². The van der Waals surface area contributed by atoms with Crippen molar-refractivity contribution in [2.24, 2.45) is 0 Å². The number of Topliss-reactive ketones (excluding diaryl/α,β-unsaturated/α-hetero) is 1. The highest BCUT2D eigenvalue weighted by Crippen LogP contribution is 2.40. The minimum Gasteiger partial charge on any atom is -0.488 e. The van der Waals surface area contributed by atoms with Crippen LogP contribution < -0.4 is 8.92 Å². The molecular weight excluding hydrogens is 284 g/mol. The molecule has 0 saturated carbocycles. The lowest BCUT2D eigenvalue weighted by atomic mass is 9.92. The summed E-state index contributed by atoms with van der Waals surface area (Å²) < 4.78 is 10.8. The summed E-state index contributed by atoms with van der Waals surface area (Å²) in [5.41, 5.74) is 4.92. The lowest BCUT2D eigenvalue weighted by Gasteiger charge is -2.22. The van der Waals surface area contributed by atoms with Gasteiger partial charge in [0.2, 0.25) is 0 Å². The van der Waals surface area contributed by atoms with Crippen LogP contribution in [0.4, 0.5) is 0 Å². The number of hydrogen-bond donors (Lipinski definition) is 1. The molecule has 0 atom stereocenters. The first-order valence-electron chi connectivity index (χ1n) is 6.89. The van der Waals surface area contributed by atoms with Gasteiger partial charge in [-0.15, -0.1) is 0 Å². The molecule has 3 nitrogen and oxygen atoms in total. The molecule has 1 aliphatic heterocycles. The van der Waals surface area contributed by atoms with Gasteiger partial charge in [-0.3, -0.25) is 4.79 Å². The number of carbonyl (C=O) groups excluding carboxylic acids is 1. The molecule has 2 aromatic rings. The largest absolute Gasteiger partial charge is 0.488 e. The number of rotatable bonds is 3. The molecule has 0 aromatic heterocycles. The fraction of sp³-hybridized carbons (Fsp3) is 0.235. The van der Waals surface area contributed by atoms with Crippen molar-refractivity contribution in [2.45, 2.75) is 26.9 Å². The SMILES string of the molecule is CCC(=O)c1cc2c(cc1C)-c1ccc(OS)cc1CO2. The van der Waals surface area contributed by atoms with Crippen molar-refractivity contribution in [1.29, 1.82) is 0 Å². The van der Waals surface area contributed by atoms with E-state index in [-0.39, 0.29) is 5.78 Å². The van der Waals surface area contributed by atoms with E-state index < -0.39 is 0 Å². The fourth-order valence-corrected chi connectivity index (χ4v) is 2.79. The van der Waals surface area contributed by atoms with Crippen LogP contribution in [0, 0.1) is 6.92 Å². The molecule has 0 bridgehead atoms. The van der Waals surface area contributed by atoms with Gasteiger partial charge in [0, 0.05) is 36.0 Å². The zero-order valence-corrected chi connectivity index (χ0v) is 12.9. The average Bonchev–Trinajstić information content (AvgIpc) is 2.52. The van der Waals surface area contributed by atoms with Crippen LogP contribution in [0.15, 0.2) is 30.3 Å². The number of hydrogen-bond acceptors (Lipinski definition) is 4. The maximum Gasteiger partial charge on any atom is 0.163 e. The quantitative estimate of drug-likeness (QED) is 0.519. The molecule has 0 amide bonds. The van der Waals surface area contributed by atoms with E-state index in [2.05, 4.69) is 12.9 Å². The van der Waals surface area contributed by atoms with Crippen LogP contribution in [0.2, 0.25) is 0 Å². The van der Waals surface area contributed by atoms with Crippen molar-refractivity contribution >= 4 is 18.7 Å². The van der Waals surface area contributed by atoms with Crippen molar-refractivity contribution in [1.82, 2.24) is 0 Å². The summed E-state index contributed by atoms with van der Waals surface area (Å²) in [4.78, 5) is 12.0. The summed E-state index contributed by atoms with van der Waals surface area (Å²) in [7, 11) is 0. The number of benzene rings is 2. The van der Waals surface area contributed by atoms with Crippen molar-refractivity contribution in [3.05, 3.63) is 47.0 Å². The van der Waals surface area contributed by atoms with Gasteiger partial charge < -0.3 is 8.92 Å². The zero-order chi connectivity index (χ0) is 15.0. The number of ether oxygens (including phenoxy) is 1. The first-order valence-corrected chi connectivity index (χ1v) is 7.26. The number of thiol groups is 1. The van der Waals surface area contributed by atoms with Crippen molar-refractivity contribution in [3.8, 4) is 22.6 Å². The zero-order valence-electron chi connectivity index (χ0n) is 12.0. The molecule has 0 fully saturated rings. The number of carbonyl (C=O) groups is 1. The van der Waals surface area contributed by atoms with Gasteiger partial charge in [0.15, 0.2) is 5.78 Å². The van der Waals surface area contributed by atoms with Crippen LogP contribution in [0.5, 0.6) is 11.5 Å². The van der Waals surface area contributed by atoms with E-state index in [1.165, 1.54) is 0 Å². The van der Waals surface area contributed by atoms with Crippen molar-refractivity contribution in [3.63, 3.8) is 0 Å². The summed E-state index contributed by atoms with van der Waals surface area (Å²) in [6, 6.07) is 9.69. The Balaban J connectivity index is 2.13. The van der Waals surface area contributed by atoms with Gasteiger partial charge in [-0.1, -0.05) is 13.0 Å². The molecule has 0 radical (unpaired) electrons. The second-order valence-electron chi connectivity index (χ2n) is 5.14. The lowest BCUT2D eigenvalue weighted by molar-refractivity contribution is 0.0987. The topological polar surface area (TPSA) is 35.5 Å². The third-order valence-corrected chi connectivity index (χ3v) is 4.01. The van der Waals surface area contributed by atoms with Crippen LogP contribution in [-0.4, -0.2) is 5.78 Å². The van der Waals surface area contributed by atoms with E-state index >= 15 is 0 Å². The van der Waals surface area contributed by atoms with Gasteiger partial charge in [-0.2, -0.15) is 0 Å². The lowest BCUT2D eigenvalue weighted by Crippen LogP contribution is -2.08. The second kappa shape index (κ2) is 5.45. The predicted octanol–water partition coefficient (Wildman–Crippen LogP) is 4.37. The van der Waals surface area contributed by atoms with Crippen molar-refractivity contribution < 1.29 is 13.7 Å². The molecule has 108 valence electrons. The van der Waals surface area contributed by atoms with E-state index in [4.69, 9.17) is 8.92 Å². The van der Waals surface area contributed by atoms with Crippen LogP contribution in [0.25, 0.3) is 11.1 Å². The Morgan fingerprint density at radius 3 is 2.81 bits per heavy atom. The molecule has 0 N–H and O–H groups in total. The Labute approximate surface area is 129 Å². The van der Waals surface area contributed by atoms with Crippen molar-refractivity contribution in [2.75, 3.05) is 0 Å². The molecule has 1 aliphatic rings. The Morgan fingerprint density at radius 2 is 2.10 bits per heavy atom. The minimum atomic E-state index is 0.142. The van der Waals surface area contributed by atoms with Gasteiger partial charge in [0.05, 0.1) is 0 Å². The summed E-state index contributed by atoms with van der Waals surface area (Å²) >= 11 is 3.82. The molecule has 0 aliphatic carbocycles. The van der Waals surface area contributed by atoms with Gasteiger partial charge in [0.25, 0.3) is 0 Å². The van der Waals surface area contributed by atoms with Crippen LogP contribution in [-0.2, 0) is 6.61 Å². The second-order valence-corrected chi connectivity index (χ2v) is 5.32. The highest BCUT2D eigenvalue weighted by molar-refractivity contribution is 7.75. The molecule has 4 heteroatoms. The Morgan fingerprint density at radius 1 is 1.29 bits per heavy atom. The summed E-state index contributed by atoms with van der Waals surface area (Å²) in [6.45, 7) is 4.30. The highest BCUT2D eigenvalue weighted by atomic mass is 32.1. The molecule has 21 heavy (non-hydrogen) atoms. The Kier molecular flexibility index (Phi) is 3.64. The fourth-order valence-electron chi connectivity index (χ4n) is 2.67. The summed E-state index contributed by atoms with van der Waals surface area (Å²) in [6.07, 6.45) is 0.499.